The van der Waals surface area contributed by atoms with Crippen LogP contribution in [0.4, 0.5) is 4.39 Å². The molecule has 0 aliphatic heterocycles. The zero-order chi connectivity index (χ0) is 14.0. The third-order valence-electron chi connectivity index (χ3n) is 3.09. The summed E-state index contributed by atoms with van der Waals surface area (Å²) < 4.78 is 13.5. The molecule has 0 bridgehead atoms. The lowest BCUT2D eigenvalue weighted by atomic mass is 9.95. The van der Waals surface area contributed by atoms with Crippen LogP contribution in [0.1, 0.15) is 18.5 Å². The van der Waals surface area contributed by atoms with Crippen LogP contribution in [-0.2, 0) is 0 Å². The zero-order valence-corrected chi connectivity index (χ0v) is 12.2. The minimum Gasteiger partial charge on any atom is -0.313 e. The summed E-state index contributed by atoms with van der Waals surface area (Å²) in [6.07, 6.45) is 0. The van der Waals surface area contributed by atoms with Crippen molar-refractivity contribution in [3.63, 3.8) is 0 Å². The maximum atomic E-state index is 13.5. The predicted molar refractivity (Wildman–Crippen MR) is 79.3 cm³/mol. The van der Waals surface area contributed by atoms with Gasteiger partial charge in [-0.15, -0.1) is 0 Å². The van der Waals surface area contributed by atoms with Crippen molar-refractivity contribution in [1.29, 1.82) is 0 Å². The van der Waals surface area contributed by atoms with E-state index in [1.807, 2.05) is 14.0 Å². The second-order valence-electron chi connectivity index (χ2n) is 4.40. The quantitative estimate of drug-likeness (QED) is 0.833. The van der Waals surface area contributed by atoms with Crippen LogP contribution in [0.5, 0.6) is 0 Å². The van der Waals surface area contributed by atoms with Crippen molar-refractivity contribution in [1.82, 2.24) is 5.32 Å². The Hall–Kier alpha value is -1.09. The summed E-state index contributed by atoms with van der Waals surface area (Å²) in [7, 11) is 1.86. The van der Waals surface area contributed by atoms with E-state index < -0.39 is 0 Å². The van der Waals surface area contributed by atoms with E-state index in [4.69, 9.17) is 23.2 Å². The van der Waals surface area contributed by atoms with Crippen LogP contribution in [0.2, 0.25) is 10.0 Å². The van der Waals surface area contributed by atoms with Crippen molar-refractivity contribution in [2.24, 2.45) is 0 Å². The molecule has 0 aliphatic carbocycles. The molecule has 2 rings (SSSR count). The average molecular weight is 298 g/mol. The van der Waals surface area contributed by atoms with Crippen molar-refractivity contribution in [2.45, 2.75) is 13.0 Å². The lowest BCUT2D eigenvalue weighted by Crippen LogP contribution is -2.13. The van der Waals surface area contributed by atoms with Gasteiger partial charge >= 0.3 is 0 Å². The summed E-state index contributed by atoms with van der Waals surface area (Å²) in [5, 5.41) is 4.23. The van der Waals surface area contributed by atoms with Crippen LogP contribution >= 0.6 is 23.2 Å². The van der Waals surface area contributed by atoms with E-state index >= 15 is 0 Å². The van der Waals surface area contributed by atoms with E-state index in [1.54, 1.807) is 24.3 Å². The van der Waals surface area contributed by atoms with Gasteiger partial charge in [0.25, 0.3) is 0 Å². The molecule has 100 valence electrons. The molecule has 2 aromatic rings. The summed E-state index contributed by atoms with van der Waals surface area (Å²) >= 11 is 12.0. The largest absolute Gasteiger partial charge is 0.313 e. The smallest absolute Gasteiger partial charge is 0.123 e. The summed E-state index contributed by atoms with van der Waals surface area (Å²) in [5.74, 6) is -0.279. The van der Waals surface area contributed by atoms with Crippen LogP contribution in [-0.4, -0.2) is 7.05 Å². The molecule has 1 unspecified atom stereocenters. The lowest BCUT2D eigenvalue weighted by Gasteiger charge is -2.16. The van der Waals surface area contributed by atoms with Gasteiger partial charge in [0.05, 0.1) is 0 Å². The lowest BCUT2D eigenvalue weighted by molar-refractivity contribution is 0.620. The topological polar surface area (TPSA) is 12.0 Å². The number of hydrogen-bond donors (Lipinski definition) is 1. The molecule has 1 nitrogen and oxygen atoms in total. The van der Waals surface area contributed by atoms with Crippen LogP contribution in [0, 0.1) is 5.82 Å². The molecule has 0 aliphatic rings. The number of benzene rings is 2. The van der Waals surface area contributed by atoms with Crippen LogP contribution in [0.15, 0.2) is 36.4 Å². The van der Waals surface area contributed by atoms with E-state index in [2.05, 4.69) is 5.32 Å². The van der Waals surface area contributed by atoms with Gasteiger partial charge in [0, 0.05) is 16.1 Å². The van der Waals surface area contributed by atoms with Gasteiger partial charge in [0.15, 0.2) is 0 Å². The van der Waals surface area contributed by atoms with Crippen molar-refractivity contribution in [3.8, 4) is 11.1 Å². The Morgan fingerprint density at radius 2 is 1.68 bits per heavy atom. The summed E-state index contributed by atoms with van der Waals surface area (Å²) in [5.41, 5.74) is 2.61. The Bertz CT molecular complexity index is 578. The second kappa shape index (κ2) is 5.91. The van der Waals surface area contributed by atoms with Crippen molar-refractivity contribution < 1.29 is 4.39 Å². The van der Waals surface area contributed by atoms with Crippen molar-refractivity contribution in [3.05, 3.63) is 57.8 Å². The minimum atomic E-state index is -0.279. The van der Waals surface area contributed by atoms with E-state index in [-0.39, 0.29) is 11.9 Å². The number of rotatable bonds is 3. The molecule has 2 aromatic carbocycles. The number of halogens is 3. The normalized spacial score (nSPS) is 12.5. The third-order valence-corrected chi connectivity index (χ3v) is 3.52. The van der Waals surface area contributed by atoms with Gasteiger partial charge in [-0.2, -0.15) is 0 Å². The standard InChI is InChI=1S/C15H14Cl2FN/c1-9(19-2)14-4-3-13(18)8-15(14)10-5-11(16)7-12(17)6-10/h3-9,19H,1-2H3. The van der Waals surface area contributed by atoms with Crippen LogP contribution in [0.3, 0.4) is 0 Å². The monoisotopic (exact) mass is 297 g/mol. The molecular weight excluding hydrogens is 284 g/mol. The molecule has 0 spiro atoms. The van der Waals surface area contributed by atoms with E-state index in [9.17, 15) is 4.39 Å². The highest BCUT2D eigenvalue weighted by Gasteiger charge is 2.12. The maximum absolute atomic E-state index is 13.5. The fourth-order valence-electron chi connectivity index (χ4n) is 2.02. The fraction of sp³-hybridized carbons (Fsp3) is 0.200. The van der Waals surface area contributed by atoms with Crippen LogP contribution < -0.4 is 5.32 Å². The number of hydrogen-bond acceptors (Lipinski definition) is 1. The highest BCUT2D eigenvalue weighted by atomic mass is 35.5. The Morgan fingerprint density at radius 1 is 1.05 bits per heavy atom. The van der Waals surface area contributed by atoms with Gasteiger partial charge in [0.1, 0.15) is 5.82 Å². The van der Waals surface area contributed by atoms with Gasteiger partial charge in [-0.1, -0.05) is 29.3 Å². The first-order chi connectivity index (χ1) is 9.01. The van der Waals surface area contributed by atoms with Gasteiger partial charge in [-0.3, -0.25) is 0 Å². The number of nitrogens with one attached hydrogen (secondary N) is 1. The molecule has 0 aromatic heterocycles. The highest BCUT2D eigenvalue weighted by molar-refractivity contribution is 6.35. The van der Waals surface area contributed by atoms with E-state index in [0.29, 0.717) is 10.0 Å². The molecule has 1 N–H and O–H groups in total. The van der Waals surface area contributed by atoms with Crippen molar-refractivity contribution in [2.75, 3.05) is 7.05 Å². The predicted octanol–water partition coefficient (Wildman–Crippen LogP) is 5.08. The average Bonchev–Trinajstić information content (AvgIpc) is 2.36. The SMILES string of the molecule is CNC(C)c1ccc(F)cc1-c1cc(Cl)cc(Cl)c1. The molecule has 0 amide bonds. The second-order valence-corrected chi connectivity index (χ2v) is 5.27. The van der Waals surface area contributed by atoms with E-state index in [1.165, 1.54) is 12.1 Å². The van der Waals surface area contributed by atoms with Gasteiger partial charge < -0.3 is 5.32 Å². The molecule has 0 radical (unpaired) electrons. The zero-order valence-electron chi connectivity index (χ0n) is 10.7. The van der Waals surface area contributed by atoms with Crippen molar-refractivity contribution >= 4 is 23.2 Å². The highest BCUT2D eigenvalue weighted by Crippen LogP contribution is 2.32. The molecule has 1 atom stereocenters. The Morgan fingerprint density at radius 3 is 2.26 bits per heavy atom. The molecule has 19 heavy (non-hydrogen) atoms. The Balaban J connectivity index is 2.62. The summed E-state index contributed by atoms with van der Waals surface area (Å²) in [6, 6.07) is 10.1. The Labute approximate surface area is 122 Å². The summed E-state index contributed by atoms with van der Waals surface area (Å²) in [6.45, 7) is 2.02. The first kappa shape index (κ1) is 14.3. The van der Waals surface area contributed by atoms with Gasteiger partial charge in [-0.05, 0) is 61.0 Å². The molecule has 0 saturated carbocycles. The first-order valence-corrected chi connectivity index (χ1v) is 6.70. The Kier molecular flexibility index (Phi) is 4.46. The minimum absolute atomic E-state index is 0.105. The summed E-state index contributed by atoms with van der Waals surface area (Å²) in [4.78, 5) is 0. The van der Waals surface area contributed by atoms with Gasteiger partial charge in [-0.25, -0.2) is 4.39 Å². The maximum Gasteiger partial charge on any atom is 0.123 e. The molecule has 0 saturated heterocycles. The van der Waals surface area contributed by atoms with Crippen LogP contribution in [0.25, 0.3) is 11.1 Å². The molecule has 0 heterocycles. The fourth-order valence-corrected chi connectivity index (χ4v) is 2.55. The first-order valence-electron chi connectivity index (χ1n) is 5.94. The molecule has 0 fully saturated rings. The third kappa shape index (κ3) is 3.27. The van der Waals surface area contributed by atoms with E-state index in [0.717, 1.165) is 16.7 Å². The van der Waals surface area contributed by atoms with Gasteiger partial charge in [0.2, 0.25) is 0 Å². The molecular formula is C15H14Cl2FN. The molecule has 4 heteroatoms.